The van der Waals surface area contributed by atoms with Gasteiger partial charge in [0.15, 0.2) is 5.78 Å². The molecule has 7 heteroatoms. The molecule has 0 aliphatic heterocycles. The topological polar surface area (TPSA) is 81.4 Å². The van der Waals surface area contributed by atoms with Crippen LogP contribution in [0.1, 0.15) is 34.5 Å². The van der Waals surface area contributed by atoms with Gasteiger partial charge in [0.05, 0.1) is 18.0 Å². The molecule has 2 aromatic carbocycles. The van der Waals surface area contributed by atoms with Crippen LogP contribution in [0.15, 0.2) is 60.7 Å². The molecule has 0 atom stereocenters. The Balaban J connectivity index is 1.66. The first-order valence-corrected chi connectivity index (χ1v) is 9.81. The molecule has 1 N–H and O–H groups in total. The fourth-order valence-electron chi connectivity index (χ4n) is 2.82. The SMILES string of the molecule is Cc1nn(-c2ccccc2)c(Cl)c1C=CC(=O)c1ccc(OCCCC(=O)O)cc1. The van der Waals surface area contributed by atoms with Crippen molar-refractivity contribution in [2.45, 2.75) is 19.8 Å². The molecule has 0 aliphatic carbocycles. The lowest BCUT2D eigenvalue weighted by Gasteiger charge is -2.05. The number of carbonyl (C=O) groups is 2. The van der Waals surface area contributed by atoms with Crippen molar-refractivity contribution in [3.05, 3.63) is 82.6 Å². The zero-order chi connectivity index (χ0) is 21.5. The van der Waals surface area contributed by atoms with Gasteiger partial charge in [0.2, 0.25) is 0 Å². The molecule has 0 fully saturated rings. The second kappa shape index (κ2) is 9.89. The van der Waals surface area contributed by atoms with Crippen molar-refractivity contribution in [2.75, 3.05) is 6.61 Å². The molecule has 3 aromatic rings. The van der Waals surface area contributed by atoms with Crippen LogP contribution < -0.4 is 4.74 Å². The van der Waals surface area contributed by atoms with Crippen molar-refractivity contribution in [2.24, 2.45) is 0 Å². The number of ether oxygens (including phenoxy) is 1. The van der Waals surface area contributed by atoms with Crippen LogP contribution in [0.3, 0.4) is 0 Å². The molecule has 6 nitrogen and oxygen atoms in total. The van der Waals surface area contributed by atoms with E-state index < -0.39 is 5.97 Å². The maximum Gasteiger partial charge on any atom is 0.303 e. The number of rotatable bonds is 9. The highest BCUT2D eigenvalue weighted by molar-refractivity contribution is 6.31. The maximum atomic E-state index is 12.5. The minimum absolute atomic E-state index is 0.0597. The number of aromatic nitrogens is 2. The van der Waals surface area contributed by atoms with E-state index in [0.717, 1.165) is 11.4 Å². The summed E-state index contributed by atoms with van der Waals surface area (Å²) in [6, 6.07) is 16.2. The Morgan fingerprint density at radius 2 is 1.83 bits per heavy atom. The fraction of sp³-hybridized carbons (Fsp3) is 0.174. The normalized spacial score (nSPS) is 11.0. The van der Waals surface area contributed by atoms with Gasteiger partial charge in [-0.1, -0.05) is 29.8 Å². The van der Waals surface area contributed by atoms with Crippen molar-refractivity contribution < 1.29 is 19.4 Å². The van der Waals surface area contributed by atoms with Crippen LogP contribution in [0.4, 0.5) is 0 Å². The molecule has 1 aromatic heterocycles. The second-order valence-corrected chi connectivity index (χ2v) is 6.96. The van der Waals surface area contributed by atoms with E-state index in [1.165, 1.54) is 6.08 Å². The largest absolute Gasteiger partial charge is 0.494 e. The Morgan fingerprint density at radius 3 is 2.50 bits per heavy atom. The number of nitrogens with zero attached hydrogens (tertiary/aromatic N) is 2. The highest BCUT2D eigenvalue weighted by Crippen LogP contribution is 2.25. The van der Waals surface area contributed by atoms with E-state index in [4.69, 9.17) is 21.4 Å². The molecule has 1 heterocycles. The smallest absolute Gasteiger partial charge is 0.303 e. The lowest BCUT2D eigenvalue weighted by molar-refractivity contribution is -0.137. The third-order valence-corrected chi connectivity index (χ3v) is 4.76. The van der Waals surface area contributed by atoms with Crippen molar-refractivity contribution in [1.29, 1.82) is 0 Å². The minimum Gasteiger partial charge on any atom is -0.494 e. The van der Waals surface area contributed by atoms with E-state index in [9.17, 15) is 9.59 Å². The Hall–Kier alpha value is -3.38. The summed E-state index contributed by atoms with van der Waals surface area (Å²) in [4.78, 5) is 23.0. The van der Waals surface area contributed by atoms with Gasteiger partial charge < -0.3 is 9.84 Å². The average Bonchev–Trinajstić information content (AvgIpc) is 3.04. The lowest BCUT2D eigenvalue weighted by atomic mass is 10.1. The Kier molecular flexibility index (Phi) is 7.03. The van der Waals surface area contributed by atoms with Crippen molar-refractivity contribution in [3.8, 4) is 11.4 Å². The number of aliphatic carboxylic acids is 1. The number of halogens is 1. The standard InChI is InChI=1S/C23H21ClN2O4/c1-16-20(23(24)26(25-16)18-6-3-2-4-7-18)13-14-21(27)17-9-11-19(12-10-17)30-15-5-8-22(28)29/h2-4,6-7,9-14H,5,8,15H2,1H3,(H,28,29). The maximum absolute atomic E-state index is 12.5. The van der Waals surface area contributed by atoms with Gasteiger partial charge in [-0.05, 0) is 61.9 Å². The zero-order valence-electron chi connectivity index (χ0n) is 16.4. The molecule has 154 valence electrons. The first kappa shape index (κ1) is 21.3. The van der Waals surface area contributed by atoms with E-state index in [1.807, 2.05) is 37.3 Å². The van der Waals surface area contributed by atoms with Gasteiger partial charge in [0.1, 0.15) is 10.9 Å². The summed E-state index contributed by atoms with van der Waals surface area (Å²) in [5.74, 6) is -0.435. The van der Waals surface area contributed by atoms with Crippen molar-refractivity contribution in [3.63, 3.8) is 0 Å². The van der Waals surface area contributed by atoms with Crippen LogP contribution >= 0.6 is 11.6 Å². The molecule has 0 spiro atoms. The van der Waals surface area contributed by atoms with Crippen LogP contribution in [-0.2, 0) is 4.79 Å². The van der Waals surface area contributed by atoms with Crippen LogP contribution in [0.25, 0.3) is 11.8 Å². The van der Waals surface area contributed by atoms with Gasteiger partial charge in [-0.25, -0.2) is 4.68 Å². The quantitative estimate of drug-likeness (QED) is 0.298. The van der Waals surface area contributed by atoms with E-state index >= 15 is 0 Å². The summed E-state index contributed by atoms with van der Waals surface area (Å²) in [5.41, 5.74) is 2.76. The molecular weight excluding hydrogens is 404 g/mol. The molecular formula is C23H21ClN2O4. The number of allylic oxidation sites excluding steroid dienone is 1. The molecule has 0 aliphatic rings. The predicted molar refractivity (Wildman–Crippen MR) is 115 cm³/mol. The summed E-state index contributed by atoms with van der Waals surface area (Å²) >= 11 is 6.48. The third-order valence-electron chi connectivity index (χ3n) is 4.39. The van der Waals surface area contributed by atoms with Gasteiger partial charge in [-0.3, -0.25) is 9.59 Å². The fourth-order valence-corrected chi connectivity index (χ4v) is 3.16. The Morgan fingerprint density at radius 1 is 1.13 bits per heavy atom. The number of carboxylic acid groups (broad SMARTS) is 1. The number of carboxylic acids is 1. The molecule has 0 amide bonds. The summed E-state index contributed by atoms with van der Waals surface area (Å²) in [7, 11) is 0. The summed E-state index contributed by atoms with van der Waals surface area (Å²) in [6.07, 6.45) is 3.62. The second-order valence-electron chi connectivity index (χ2n) is 6.60. The molecule has 0 saturated carbocycles. The number of benzene rings is 2. The number of hydrogen-bond donors (Lipinski definition) is 1. The number of hydrogen-bond acceptors (Lipinski definition) is 4. The van der Waals surface area contributed by atoms with Gasteiger partial charge >= 0.3 is 5.97 Å². The van der Waals surface area contributed by atoms with E-state index in [1.54, 1.807) is 35.0 Å². The average molecular weight is 425 g/mol. The number of para-hydroxylation sites is 1. The Labute approximate surface area is 179 Å². The monoisotopic (exact) mass is 424 g/mol. The third kappa shape index (κ3) is 5.36. The number of ketones is 1. The molecule has 0 bridgehead atoms. The highest BCUT2D eigenvalue weighted by atomic mass is 35.5. The van der Waals surface area contributed by atoms with Gasteiger partial charge in [0.25, 0.3) is 0 Å². The first-order valence-electron chi connectivity index (χ1n) is 9.43. The van der Waals surface area contributed by atoms with Crippen LogP contribution in [0, 0.1) is 6.92 Å². The molecule has 30 heavy (non-hydrogen) atoms. The molecule has 0 unspecified atom stereocenters. The highest BCUT2D eigenvalue weighted by Gasteiger charge is 2.13. The zero-order valence-corrected chi connectivity index (χ0v) is 17.2. The van der Waals surface area contributed by atoms with Crippen LogP contribution in [0.2, 0.25) is 5.15 Å². The van der Waals surface area contributed by atoms with E-state index in [-0.39, 0.29) is 12.2 Å². The summed E-state index contributed by atoms with van der Waals surface area (Å²) in [5, 5.41) is 13.5. The molecule has 0 radical (unpaired) electrons. The summed E-state index contributed by atoms with van der Waals surface area (Å²) in [6.45, 7) is 2.15. The molecule has 3 rings (SSSR count). The van der Waals surface area contributed by atoms with E-state index in [2.05, 4.69) is 5.10 Å². The van der Waals surface area contributed by atoms with Gasteiger partial charge in [-0.15, -0.1) is 0 Å². The minimum atomic E-state index is -0.851. The first-order chi connectivity index (χ1) is 14.5. The van der Waals surface area contributed by atoms with Gasteiger partial charge in [0, 0.05) is 17.5 Å². The summed E-state index contributed by atoms with van der Waals surface area (Å²) < 4.78 is 7.11. The van der Waals surface area contributed by atoms with Crippen molar-refractivity contribution in [1.82, 2.24) is 9.78 Å². The number of aryl methyl sites for hydroxylation is 1. The number of carbonyl (C=O) groups excluding carboxylic acids is 1. The Bertz CT molecular complexity index is 1060. The molecule has 0 saturated heterocycles. The van der Waals surface area contributed by atoms with Crippen LogP contribution in [-0.4, -0.2) is 33.2 Å². The predicted octanol–water partition coefficient (Wildman–Crippen LogP) is 4.97. The van der Waals surface area contributed by atoms with E-state index in [0.29, 0.717) is 35.1 Å². The lowest BCUT2D eigenvalue weighted by Crippen LogP contribution is -2.02. The van der Waals surface area contributed by atoms with Crippen LogP contribution in [0.5, 0.6) is 5.75 Å². The van der Waals surface area contributed by atoms with Gasteiger partial charge in [-0.2, -0.15) is 5.10 Å². The van der Waals surface area contributed by atoms with Crippen molar-refractivity contribution >= 4 is 29.4 Å².